The predicted octanol–water partition coefficient (Wildman–Crippen LogP) is 8.22. The second-order valence-electron chi connectivity index (χ2n) is 14.1. The largest absolute Gasteiger partial charge is 0.473 e. The van der Waals surface area contributed by atoms with Crippen LogP contribution in [0.3, 0.4) is 0 Å². The van der Waals surface area contributed by atoms with Crippen LogP contribution in [-0.2, 0) is 24.4 Å². The lowest BCUT2D eigenvalue weighted by molar-refractivity contribution is -0.0592. The Balaban J connectivity index is 0.941. The normalized spacial score (nSPS) is 16.8. The van der Waals surface area contributed by atoms with Gasteiger partial charge in [-0.15, -0.1) is 0 Å². The molecule has 2 fully saturated rings. The van der Waals surface area contributed by atoms with E-state index in [4.69, 9.17) is 31.0 Å². The van der Waals surface area contributed by atoms with Crippen molar-refractivity contribution in [2.75, 3.05) is 25.0 Å². The first kappa shape index (κ1) is 34.3. The molecule has 0 bridgehead atoms. The van der Waals surface area contributed by atoms with Crippen molar-refractivity contribution in [1.29, 1.82) is 0 Å². The van der Waals surface area contributed by atoms with Gasteiger partial charge in [0, 0.05) is 57.2 Å². The molecule has 52 heavy (non-hydrogen) atoms. The maximum absolute atomic E-state index is 14.2. The van der Waals surface area contributed by atoms with Crippen molar-refractivity contribution in [3.8, 4) is 5.88 Å². The number of likely N-dealkylation sites (tertiary alicyclic amines) is 1. The number of aromatic amines is 1. The lowest BCUT2D eigenvalue weighted by Gasteiger charge is -2.32. The van der Waals surface area contributed by atoms with Crippen LogP contribution < -0.4 is 10.1 Å². The van der Waals surface area contributed by atoms with Gasteiger partial charge in [0.25, 0.3) is 5.91 Å². The van der Waals surface area contributed by atoms with Crippen LogP contribution in [0.25, 0.3) is 21.9 Å². The van der Waals surface area contributed by atoms with Crippen LogP contribution in [0.5, 0.6) is 5.88 Å². The fourth-order valence-electron chi connectivity index (χ4n) is 7.14. The van der Waals surface area contributed by atoms with Crippen molar-refractivity contribution in [2.24, 2.45) is 0 Å². The fourth-order valence-corrected chi connectivity index (χ4v) is 7.30. The molecule has 2 saturated heterocycles. The monoisotopic (exact) mass is 721 g/mol. The lowest BCUT2D eigenvalue weighted by atomic mass is 9.93. The lowest BCUT2D eigenvalue weighted by Crippen LogP contribution is -2.35. The minimum atomic E-state index is -0.393. The first-order valence-electron chi connectivity index (χ1n) is 17.9. The molecule has 0 unspecified atom stereocenters. The highest BCUT2D eigenvalue weighted by Gasteiger charge is 2.26. The molecule has 5 heterocycles. The highest BCUT2D eigenvalue weighted by Crippen LogP contribution is 2.31. The number of imidazole rings is 1. The Hall–Kier alpha value is -4.84. The van der Waals surface area contributed by atoms with Crippen LogP contribution in [0.15, 0.2) is 72.8 Å². The van der Waals surface area contributed by atoms with E-state index in [1.807, 2.05) is 48.5 Å². The third-order valence-electron chi connectivity index (χ3n) is 10.2. The number of fused-ring (bicyclic) bond motifs is 2. The number of hydrogen-bond acceptors (Lipinski definition) is 7. The third kappa shape index (κ3) is 7.26. The second-order valence-corrected chi connectivity index (χ2v) is 14.5. The summed E-state index contributed by atoms with van der Waals surface area (Å²) >= 11 is 5.89. The minimum Gasteiger partial charge on any atom is -0.473 e. The van der Waals surface area contributed by atoms with Gasteiger partial charge in [0.15, 0.2) is 0 Å². The Labute approximate surface area is 306 Å². The summed E-state index contributed by atoms with van der Waals surface area (Å²) in [4.78, 5) is 25.8. The topological polar surface area (TPSA) is 110 Å². The van der Waals surface area contributed by atoms with Crippen LogP contribution in [0.2, 0.25) is 5.02 Å². The zero-order valence-electron chi connectivity index (χ0n) is 29.2. The number of H-pyrrole nitrogens is 1. The van der Waals surface area contributed by atoms with Gasteiger partial charge in [-0.1, -0.05) is 37.6 Å². The standard InChI is InChI=1S/C40H41ClFN7O3/c1-24(2)39-31-20-29(9-10-34(31)46-47-39)43-40(50)26-7-11-36-35(18-26)44-37(49(36)21-30-14-17-51-30)22-48-15-12-25(13-16-48)33-4-3-5-38(45-33)52-23-27-6-8-28(41)19-32(27)42/h3-11,18-20,24-25,30H,12-17,21-23H2,1-2H3,(H,43,50)(H,46,47)/t30-/m0/s1. The van der Waals surface area contributed by atoms with Gasteiger partial charge in [0.2, 0.25) is 5.88 Å². The van der Waals surface area contributed by atoms with Gasteiger partial charge in [-0.05, 0) is 92.9 Å². The number of pyridine rings is 1. The number of ether oxygens (including phenoxy) is 2. The summed E-state index contributed by atoms with van der Waals surface area (Å²) < 4.78 is 28.2. The number of rotatable bonds is 11. The van der Waals surface area contributed by atoms with E-state index in [9.17, 15) is 9.18 Å². The summed E-state index contributed by atoms with van der Waals surface area (Å²) in [7, 11) is 0. The highest BCUT2D eigenvalue weighted by molar-refractivity contribution is 6.30. The van der Waals surface area contributed by atoms with Crippen molar-refractivity contribution < 1.29 is 18.7 Å². The van der Waals surface area contributed by atoms with Crippen LogP contribution in [0.1, 0.15) is 78.1 Å². The SMILES string of the molecule is CC(C)c1[nH]nc2ccc(NC(=O)c3ccc4c(c3)nc(CN3CCC(c5cccc(OCc6ccc(Cl)cc6F)n5)CC3)n4C[C@@H]3CCO3)cc12. The molecule has 2 aliphatic heterocycles. The molecule has 0 spiro atoms. The first-order chi connectivity index (χ1) is 25.3. The van der Waals surface area contributed by atoms with Crippen molar-refractivity contribution in [1.82, 2.24) is 29.6 Å². The molecule has 2 aliphatic rings. The van der Waals surface area contributed by atoms with E-state index in [1.54, 1.807) is 18.2 Å². The Kier molecular flexibility index (Phi) is 9.65. The second kappa shape index (κ2) is 14.7. The Morgan fingerprint density at radius 3 is 2.65 bits per heavy atom. The molecule has 0 radical (unpaired) electrons. The number of hydrogen-bond donors (Lipinski definition) is 2. The fraction of sp³-hybridized carbons (Fsp3) is 0.350. The molecule has 0 aliphatic carbocycles. The molecule has 3 aromatic carbocycles. The number of nitrogens with zero attached hydrogens (tertiary/aromatic N) is 5. The average Bonchev–Trinajstić information content (AvgIpc) is 3.70. The van der Waals surface area contributed by atoms with Gasteiger partial charge in [-0.3, -0.25) is 14.8 Å². The smallest absolute Gasteiger partial charge is 0.255 e. The van der Waals surface area contributed by atoms with Crippen LogP contribution in [0.4, 0.5) is 10.1 Å². The highest BCUT2D eigenvalue weighted by atomic mass is 35.5. The quantitative estimate of drug-likeness (QED) is 0.139. The van der Waals surface area contributed by atoms with Gasteiger partial charge in [-0.25, -0.2) is 14.4 Å². The number of benzene rings is 3. The molecule has 12 heteroatoms. The molecule has 10 nitrogen and oxygen atoms in total. The number of amides is 1. The molecular weight excluding hydrogens is 681 g/mol. The van der Waals surface area contributed by atoms with E-state index in [-0.39, 0.29) is 24.5 Å². The molecular formula is C40H41ClFN7O3. The molecule has 6 aromatic rings. The van der Waals surface area contributed by atoms with Crippen LogP contribution >= 0.6 is 11.6 Å². The maximum atomic E-state index is 14.2. The van der Waals surface area contributed by atoms with E-state index in [0.29, 0.717) is 34.5 Å². The summed E-state index contributed by atoms with van der Waals surface area (Å²) in [6.45, 7) is 8.31. The Bertz CT molecular complexity index is 2240. The number of carbonyl (C=O) groups excluding carboxylic acids is 1. The van der Waals surface area contributed by atoms with Gasteiger partial charge in [-0.2, -0.15) is 5.10 Å². The molecule has 3 aromatic heterocycles. The van der Waals surface area contributed by atoms with E-state index in [1.165, 1.54) is 6.07 Å². The molecule has 1 amide bonds. The number of aromatic nitrogens is 5. The summed E-state index contributed by atoms with van der Waals surface area (Å²) in [5, 5.41) is 12.0. The van der Waals surface area contributed by atoms with Crippen LogP contribution in [0, 0.1) is 5.82 Å². The van der Waals surface area contributed by atoms with Gasteiger partial charge >= 0.3 is 0 Å². The maximum Gasteiger partial charge on any atom is 0.255 e. The summed E-state index contributed by atoms with van der Waals surface area (Å²) in [5.41, 5.74) is 6.41. The Morgan fingerprint density at radius 2 is 1.88 bits per heavy atom. The van der Waals surface area contributed by atoms with Crippen LogP contribution in [-0.4, -0.2) is 61.3 Å². The van der Waals surface area contributed by atoms with Crippen molar-refractivity contribution in [3.63, 3.8) is 0 Å². The Morgan fingerprint density at radius 1 is 1.04 bits per heavy atom. The summed E-state index contributed by atoms with van der Waals surface area (Å²) in [5.74, 6) is 1.45. The molecule has 1 atom stereocenters. The molecule has 2 N–H and O–H groups in total. The number of halogens is 2. The summed E-state index contributed by atoms with van der Waals surface area (Å²) in [6.07, 6.45) is 3.08. The number of anilines is 1. The molecule has 268 valence electrons. The zero-order valence-corrected chi connectivity index (χ0v) is 30.0. The van der Waals surface area contributed by atoms with Crippen molar-refractivity contribution in [2.45, 2.75) is 70.7 Å². The predicted molar refractivity (Wildman–Crippen MR) is 199 cm³/mol. The first-order valence-corrected chi connectivity index (χ1v) is 18.3. The number of piperidine rings is 1. The number of nitrogens with one attached hydrogen (secondary N) is 2. The average molecular weight is 722 g/mol. The van der Waals surface area contributed by atoms with E-state index >= 15 is 0 Å². The molecule has 0 saturated carbocycles. The number of carbonyl (C=O) groups is 1. The third-order valence-corrected chi connectivity index (χ3v) is 10.4. The minimum absolute atomic E-state index is 0.0818. The van der Waals surface area contributed by atoms with Gasteiger partial charge in [0.05, 0.1) is 35.7 Å². The molecule has 8 rings (SSSR count). The van der Waals surface area contributed by atoms with E-state index < -0.39 is 5.82 Å². The van der Waals surface area contributed by atoms with E-state index in [2.05, 4.69) is 38.8 Å². The van der Waals surface area contributed by atoms with E-state index in [0.717, 1.165) is 90.3 Å². The zero-order chi connectivity index (χ0) is 35.8. The van der Waals surface area contributed by atoms with Crippen molar-refractivity contribution >= 4 is 45.1 Å². The van der Waals surface area contributed by atoms with Gasteiger partial charge < -0.3 is 19.4 Å². The van der Waals surface area contributed by atoms with Crippen molar-refractivity contribution in [3.05, 3.63) is 112 Å². The van der Waals surface area contributed by atoms with Gasteiger partial charge in [0.1, 0.15) is 18.2 Å². The summed E-state index contributed by atoms with van der Waals surface area (Å²) in [6, 6.07) is 21.9.